The zero-order valence-electron chi connectivity index (χ0n) is 7.29. The van der Waals surface area contributed by atoms with Crippen molar-refractivity contribution < 1.29 is 4.42 Å². The Kier molecular flexibility index (Phi) is 2.69. The van der Waals surface area contributed by atoms with E-state index in [9.17, 15) is 0 Å². The first kappa shape index (κ1) is 8.82. The van der Waals surface area contributed by atoms with Crippen molar-refractivity contribution in [3.63, 3.8) is 0 Å². The third kappa shape index (κ3) is 1.78. The van der Waals surface area contributed by atoms with Gasteiger partial charge in [-0.25, -0.2) is 0 Å². The molecule has 1 aromatic carbocycles. The molecule has 68 valence electrons. The summed E-state index contributed by atoms with van der Waals surface area (Å²) in [6.07, 6.45) is 4.11. The molecule has 13 heavy (non-hydrogen) atoms. The van der Waals surface area contributed by atoms with Crippen LogP contribution in [0, 0.1) is 0 Å². The Morgan fingerprint density at radius 2 is 2.08 bits per heavy atom. The molecule has 0 fully saturated rings. The number of furan rings is 1. The molecule has 2 aromatic rings. The molecular weight excluding hydrogens is 228 g/mol. The lowest BCUT2D eigenvalue weighted by molar-refractivity contribution is 0.610. The van der Waals surface area contributed by atoms with Crippen molar-refractivity contribution in [2.75, 3.05) is 5.33 Å². The number of hydrogen-bond acceptors (Lipinski definition) is 1. The van der Waals surface area contributed by atoms with E-state index in [-0.39, 0.29) is 0 Å². The quantitative estimate of drug-likeness (QED) is 0.743. The summed E-state index contributed by atoms with van der Waals surface area (Å²) in [6, 6.07) is 8.17. The lowest BCUT2D eigenvalue weighted by atomic mass is 10.1. The maximum atomic E-state index is 5.43. The second-order valence-corrected chi connectivity index (χ2v) is 3.84. The van der Waals surface area contributed by atoms with Gasteiger partial charge in [0.15, 0.2) is 0 Å². The van der Waals surface area contributed by atoms with Crippen molar-refractivity contribution in [2.24, 2.45) is 0 Å². The van der Waals surface area contributed by atoms with Crippen LogP contribution in [0.2, 0.25) is 0 Å². The average Bonchev–Trinajstić information content (AvgIpc) is 2.58. The Hall–Kier alpha value is -0.760. The fourth-order valence-corrected chi connectivity index (χ4v) is 1.76. The van der Waals surface area contributed by atoms with Gasteiger partial charge in [-0.1, -0.05) is 34.1 Å². The van der Waals surface area contributed by atoms with E-state index in [0.29, 0.717) is 0 Å². The fourth-order valence-electron chi connectivity index (χ4n) is 1.48. The summed E-state index contributed by atoms with van der Waals surface area (Å²) in [7, 11) is 0. The van der Waals surface area contributed by atoms with Gasteiger partial charge in [0.05, 0.1) is 6.26 Å². The molecule has 0 saturated heterocycles. The van der Waals surface area contributed by atoms with Crippen molar-refractivity contribution in [3.8, 4) is 0 Å². The normalized spacial score (nSPS) is 10.8. The first-order valence-electron chi connectivity index (χ1n) is 4.43. The smallest absolute Gasteiger partial charge is 0.134 e. The fraction of sp³-hybridized carbons (Fsp3) is 0.273. The van der Waals surface area contributed by atoms with Crippen LogP contribution in [0.5, 0.6) is 0 Å². The molecule has 0 N–H and O–H groups in total. The molecular formula is C11H11BrO. The summed E-state index contributed by atoms with van der Waals surface area (Å²) in [5, 5.41) is 2.30. The van der Waals surface area contributed by atoms with Crippen molar-refractivity contribution in [1.29, 1.82) is 0 Å². The number of hydrogen-bond donors (Lipinski definition) is 0. The van der Waals surface area contributed by atoms with Crippen molar-refractivity contribution >= 4 is 26.9 Å². The van der Waals surface area contributed by atoms with Gasteiger partial charge in [0, 0.05) is 10.7 Å². The molecule has 0 aliphatic heterocycles. The summed E-state index contributed by atoms with van der Waals surface area (Å²) in [5.74, 6) is 0. The Labute approximate surface area is 85.9 Å². The summed E-state index contributed by atoms with van der Waals surface area (Å²) in [5.41, 5.74) is 2.31. The molecule has 0 aliphatic rings. The third-order valence-corrected chi connectivity index (χ3v) is 2.70. The van der Waals surface area contributed by atoms with Crippen LogP contribution in [0.15, 0.2) is 34.9 Å². The zero-order chi connectivity index (χ0) is 9.10. The van der Waals surface area contributed by atoms with Crippen molar-refractivity contribution in [3.05, 3.63) is 36.1 Å². The summed E-state index contributed by atoms with van der Waals surface area (Å²) < 4.78 is 5.43. The van der Waals surface area contributed by atoms with Crippen molar-refractivity contribution in [2.45, 2.75) is 12.8 Å². The standard InChI is InChI=1S/C11H11BrO/c12-7-3-4-9-8-13-11-6-2-1-5-10(9)11/h1-2,5-6,8H,3-4,7H2. The Morgan fingerprint density at radius 3 is 2.92 bits per heavy atom. The maximum absolute atomic E-state index is 5.43. The average molecular weight is 239 g/mol. The molecule has 0 radical (unpaired) electrons. The highest BCUT2D eigenvalue weighted by Crippen LogP contribution is 2.21. The number of fused-ring (bicyclic) bond motifs is 1. The van der Waals surface area contributed by atoms with Gasteiger partial charge in [-0.15, -0.1) is 0 Å². The number of halogens is 1. The zero-order valence-corrected chi connectivity index (χ0v) is 8.88. The molecule has 0 bridgehead atoms. The van der Waals surface area contributed by atoms with Crippen LogP contribution in [0.3, 0.4) is 0 Å². The molecule has 0 saturated carbocycles. The molecule has 0 amide bonds. The van der Waals surface area contributed by atoms with Gasteiger partial charge >= 0.3 is 0 Å². The minimum absolute atomic E-state index is 0.993. The van der Waals surface area contributed by atoms with Crippen LogP contribution in [0.1, 0.15) is 12.0 Å². The lowest BCUT2D eigenvalue weighted by Crippen LogP contribution is -1.82. The monoisotopic (exact) mass is 238 g/mol. The predicted octanol–water partition coefficient (Wildman–Crippen LogP) is 3.76. The first-order valence-corrected chi connectivity index (χ1v) is 5.55. The van der Waals surface area contributed by atoms with Gasteiger partial charge in [-0.05, 0) is 24.5 Å². The molecule has 0 atom stereocenters. The Bertz CT molecular complexity index is 392. The SMILES string of the molecule is BrCCCc1coc2ccccc12. The molecule has 0 unspecified atom stereocenters. The molecule has 1 heterocycles. The summed E-state index contributed by atoms with van der Waals surface area (Å²) in [6.45, 7) is 0. The van der Waals surface area contributed by atoms with Crippen LogP contribution >= 0.6 is 15.9 Å². The number of benzene rings is 1. The highest BCUT2D eigenvalue weighted by molar-refractivity contribution is 9.09. The Morgan fingerprint density at radius 1 is 1.23 bits per heavy atom. The summed E-state index contributed by atoms with van der Waals surface area (Å²) >= 11 is 3.43. The molecule has 1 aromatic heterocycles. The van der Waals surface area contributed by atoms with E-state index in [1.165, 1.54) is 10.9 Å². The molecule has 1 nitrogen and oxygen atoms in total. The van der Waals surface area contributed by atoms with E-state index < -0.39 is 0 Å². The second-order valence-electron chi connectivity index (χ2n) is 3.05. The molecule has 2 heteroatoms. The van der Waals surface area contributed by atoms with Crippen LogP contribution in [0.25, 0.3) is 11.0 Å². The third-order valence-electron chi connectivity index (χ3n) is 2.14. The van der Waals surface area contributed by atoms with Gasteiger partial charge < -0.3 is 4.42 Å². The van der Waals surface area contributed by atoms with Crippen LogP contribution in [0.4, 0.5) is 0 Å². The van der Waals surface area contributed by atoms with Crippen LogP contribution in [-0.2, 0) is 6.42 Å². The van der Waals surface area contributed by atoms with Gasteiger partial charge in [-0.2, -0.15) is 0 Å². The number of para-hydroxylation sites is 1. The highest BCUT2D eigenvalue weighted by atomic mass is 79.9. The number of alkyl halides is 1. The Balaban J connectivity index is 2.35. The molecule has 2 rings (SSSR count). The van der Waals surface area contributed by atoms with E-state index in [1.807, 2.05) is 18.4 Å². The van der Waals surface area contributed by atoms with E-state index in [4.69, 9.17) is 4.42 Å². The van der Waals surface area contributed by atoms with Gasteiger partial charge in [0.25, 0.3) is 0 Å². The summed E-state index contributed by atoms with van der Waals surface area (Å²) in [4.78, 5) is 0. The molecule has 0 spiro atoms. The van der Waals surface area contributed by atoms with Gasteiger partial charge in [0.2, 0.25) is 0 Å². The topological polar surface area (TPSA) is 13.1 Å². The first-order chi connectivity index (χ1) is 6.42. The van der Waals surface area contributed by atoms with Crippen molar-refractivity contribution in [1.82, 2.24) is 0 Å². The lowest BCUT2D eigenvalue weighted by Gasteiger charge is -1.93. The predicted molar refractivity (Wildman–Crippen MR) is 58.3 cm³/mol. The highest BCUT2D eigenvalue weighted by Gasteiger charge is 2.03. The second kappa shape index (κ2) is 3.97. The largest absolute Gasteiger partial charge is 0.464 e. The van der Waals surface area contributed by atoms with Gasteiger partial charge in [-0.3, -0.25) is 0 Å². The minimum Gasteiger partial charge on any atom is -0.464 e. The molecule has 0 aliphatic carbocycles. The van der Waals surface area contributed by atoms with Crippen LogP contribution < -0.4 is 0 Å². The number of aryl methyl sites for hydroxylation is 1. The van der Waals surface area contributed by atoms with Gasteiger partial charge in [0.1, 0.15) is 5.58 Å². The minimum atomic E-state index is 0.993. The van der Waals surface area contributed by atoms with E-state index in [2.05, 4.69) is 28.1 Å². The van der Waals surface area contributed by atoms with Crippen LogP contribution in [-0.4, -0.2) is 5.33 Å². The van der Waals surface area contributed by atoms with E-state index in [1.54, 1.807) is 0 Å². The van der Waals surface area contributed by atoms with E-state index in [0.717, 1.165) is 23.8 Å². The number of rotatable bonds is 3. The van der Waals surface area contributed by atoms with E-state index >= 15 is 0 Å². The maximum Gasteiger partial charge on any atom is 0.134 e.